The van der Waals surface area contributed by atoms with Gasteiger partial charge in [0.25, 0.3) is 5.91 Å². The Morgan fingerprint density at radius 1 is 1.19 bits per heavy atom. The van der Waals surface area contributed by atoms with Gasteiger partial charge in [-0.1, -0.05) is 47.5 Å². The maximum absolute atomic E-state index is 13.8. The first-order valence-electron chi connectivity index (χ1n) is 9.68. The molecular formula is C22H20ClF3N4O. The molecule has 0 fully saturated rings. The van der Waals surface area contributed by atoms with Crippen LogP contribution in [0, 0.1) is 13.8 Å². The van der Waals surface area contributed by atoms with Crippen molar-refractivity contribution in [3.63, 3.8) is 0 Å². The second-order valence-corrected chi connectivity index (χ2v) is 8.08. The molecule has 2 heterocycles. The van der Waals surface area contributed by atoms with Crippen molar-refractivity contribution in [2.24, 2.45) is 0 Å². The van der Waals surface area contributed by atoms with Crippen LogP contribution in [0.15, 0.2) is 48.7 Å². The number of nitrogens with zero attached hydrogens (tertiary/aromatic N) is 2. The zero-order valence-corrected chi connectivity index (χ0v) is 17.6. The number of carbonyl (C=O) groups excluding carboxylic acids is 1. The molecule has 9 heteroatoms. The van der Waals surface area contributed by atoms with Gasteiger partial charge < -0.3 is 10.6 Å². The summed E-state index contributed by atoms with van der Waals surface area (Å²) in [5.41, 5.74) is 3.04. The number of hydrogen-bond acceptors (Lipinski definition) is 3. The highest BCUT2D eigenvalue weighted by Crippen LogP contribution is 2.44. The van der Waals surface area contributed by atoms with E-state index in [-0.39, 0.29) is 17.8 Å². The Hall–Kier alpha value is -3.00. The van der Waals surface area contributed by atoms with Crippen LogP contribution in [0.1, 0.15) is 45.6 Å². The zero-order valence-electron chi connectivity index (χ0n) is 16.8. The molecule has 0 saturated heterocycles. The van der Waals surface area contributed by atoms with Gasteiger partial charge in [-0.3, -0.25) is 4.79 Å². The molecule has 0 aliphatic carbocycles. The van der Waals surface area contributed by atoms with Gasteiger partial charge in [-0.05, 0) is 37.1 Å². The Morgan fingerprint density at radius 3 is 2.55 bits per heavy atom. The van der Waals surface area contributed by atoms with Crippen LogP contribution in [-0.2, 0) is 0 Å². The summed E-state index contributed by atoms with van der Waals surface area (Å²) in [5.74, 6) is -0.533. The number of carbonyl (C=O) groups is 1. The summed E-state index contributed by atoms with van der Waals surface area (Å²) in [5, 5.41) is 10.1. The van der Waals surface area contributed by atoms with Crippen LogP contribution in [0.3, 0.4) is 0 Å². The lowest BCUT2D eigenvalue weighted by Crippen LogP contribution is -2.36. The van der Waals surface area contributed by atoms with Crippen molar-refractivity contribution in [1.29, 1.82) is 0 Å². The number of benzene rings is 2. The SMILES string of the molecule is Cc1ccc([C@@H]2C[C@@H](C(F)(F)F)n3ncc(C(=O)Nc4ccc(C)c(Cl)c4)c3N2)cc1. The molecule has 2 N–H and O–H groups in total. The molecule has 162 valence electrons. The minimum absolute atomic E-state index is 0.0303. The van der Waals surface area contributed by atoms with E-state index in [4.69, 9.17) is 11.6 Å². The lowest BCUT2D eigenvalue weighted by molar-refractivity contribution is -0.173. The number of aryl methyl sites for hydroxylation is 2. The molecule has 1 aliphatic rings. The number of halogens is 4. The summed E-state index contributed by atoms with van der Waals surface area (Å²) < 4.78 is 42.3. The smallest absolute Gasteiger partial charge is 0.363 e. The van der Waals surface area contributed by atoms with E-state index in [0.29, 0.717) is 16.3 Å². The molecule has 2 atom stereocenters. The van der Waals surface area contributed by atoms with Gasteiger partial charge in [-0.2, -0.15) is 18.3 Å². The fourth-order valence-corrected chi connectivity index (χ4v) is 3.80. The van der Waals surface area contributed by atoms with Gasteiger partial charge in [0.15, 0.2) is 6.04 Å². The number of amides is 1. The molecule has 0 spiro atoms. The third-order valence-electron chi connectivity index (χ3n) is 5.39. The molecule has 0 saturated carbocycles. The van der Waals surface area contributed by atoms with Crippen molar-refractivity contribution < 1.29 is 18.0 Å². The van der Waals surface area contributed by atoms with Gasteiger partial charge in [-0.15, -0.1) is 0 Å². The Morgan fingerprint density at radius 2 is 1.90 bits per heavy atom. The molecule has 5 nitrogen and oxygen atoms in total. The molecular weight excluding hydrogens is 429 g/mol. The fourth-order valence-electron chi connectivity index (χ4n) is 3.62. The summed E-state index contributed by atoms with van der Waals surface area (Å²) in [6.45, 7) is 3.74. The maximum atomic E-state index is 13.8. The highest BCUT2D eigenvalue weighted by Gasteiger charge is 2.47. The summed E-state index contributed by atoms with van der Waals surface area (Å²) in [4.78, 5) is 12.9. The van der Waals surface area contributed by atoms with Crippen LogP contribution in [-0.4, -0.2) is 21.9 Å². The second kappa shape index (κ2) is 7.92. The number of anilines is 2. The lowest BCUT2D eigenvalue weighted by Gasteiger charge is -2.34. The van der Waals surface area contributed by atoms with Crippen molar-refractivity contribution in [2.75, 3.05) is 10.6 Å². The molecule has 0 bridgehead atoms. The number of rotatable bonds is 3. The topological polar surface area (TPSA) is 59.0 Å². The predicted molar refractivity (Wildman–Crippen MR) is 114 cm³/mol. The number of fused-ring (bicyclic) bond motifs is 1. The highest BCUT2D eigenvalue weighted by molar-refractivity contribution is 6.31. The average molecular weight is 449 g/mol. The van der Waals surface area contributed by atoms with E-state index in [1.807, 2.05) is 26.0 Å². The zero-order chi connectivity index (χ0) is 22.3. The summed E-state index contributed by atoms with van der Waals surface area (Å²) in [7, 11) is 0. The molecule has 4 rings (SSSR count). The Kier molecular flexibility index (Phi) is 5.43. The molecule has 0 unspecified atom stereocenters. The van der Waals surface area contributed by atoms with Crippen molar-refractivity contribution in [2.45, 2.75) is 38.5 Å². The molecule has 1 amide bonds. The van der Waals surface area contributed by atoms with Crippen molar-refractivity contribution in [1.82, 2.24) is 9.78 Å². The minimum Gasteiger partial charge on any atom is -0.363 e. The fraction of sp³-hybridized carbons (Fsp3) is 0.273. The van der Waals surface area contributed by atoms with Crippen molar-refractivity contribution in [3.8, 4) is 0 Å². The number of alkyl halides is 3. The number of nitrogens with one attached hydrogen (secondary N) is 2. The average Bonchev–Trinajstić information content (AvgIpc) is 3.14. The van der Waals surface area contributed by atoms with Crippen LogP contribution in [0.2, 0.25) is 5.02 Å². The van der Waals surface area contributed by atoms with Crippen LogP contribution in [0.5, 0.6) is 0 Å². The number of aromatic nitrogens is 2. The maximum Gasteiger partial charge on any atom is 0.410 e. The summed E-state index contributed by atoms with van der Waals surface area (Å²) in [6.07, 6.45) is -3.58. The molecule has 1 aliphatic heterocycles. The molecule has 3 aromatic rings. The predicted octanol–water partition coefficient (Wildman–Crippen LogP) is 6.07. The van der Waals surface area contributed by atoms with E-state index in [9.17, 15) is 18.0 Å². The standard InChI is InChI=1S/C22H20ClF3N4O/c1-12-3-6-14(7-4-12)18-10-19(22(24,25)26)30-20(29-18)16(11-27-30)21(31)28-15-8-5-13(2)17(23)9-15/h3-9,11,18-19,29H,10H2,1-2H3,(H,28,31)/t18-,19-/m0/s1. The highest BCUT2D eigenvalue weighted by atomic mass is 35.5. The minimum atomic E-state index is -4.51. The van der Waals surface area contributed by atoms with Gasteiger partial charge in [0, 0.05) is 17.1 Å². The van der Waals surface area contributed by atoms with Gasteiger partial charge in [-0.25, -0.2) is 4.68 Å². The van der Waals surface area contributed by atoms with Crippen LogP contribution >= 0.6 is 11.6 Å². The van der Waals surface area contributed by atoms with Gasteiger partial charge in [0.2, 0.25) is 0 Å². The summed E-state index contributed by atoms with van der Waals surface area (Å²) >= 11 is 6.10. The van der Waals surface area contributed by atoms with E-state index in [2.05, 4.69) is 15.7 Å². The first-order valence-corrected chi connectivity index (χ1v) is 10.1. The number of hydrogen-bond donors (Lipinski definition) is 2. The Balaban J connectivity index is 1.68. The van der Waals surface area contributed by atoms with E-state index in [0.717, 1.165) is 22.0 Å². The van der Waals surface area contributed by atoms with Crippen LogP contribution < -0.4 is 10.6 Å². The van der Waals surface area contributed by atoms with Gasteiger partial charge in [0.1, 0.15) is 11.4 Å². The monoisotopic (exact) mass is 448 g/mol. The van der Waals surface area contributed by atoms with E-state index >= 15 is 0 Å². The van der Waals surface area contributed by atoms with Crippen LogP contribution in [0.4, 0.5) is 24.7 Å². The Labute approximate surface area is 182 Å². The third kappa shape index (κ3) is 4.25. The van der Waals surface area contributed by atoms with E-state index < -0.39 is 24.2 Å². The largest absolute Gasteiger partial charge is 0.410 e. The second-order valence-electron chi connectivity index (χ2n) is 7.67. The normalized spacial score (nSPS) is 18.3. The quantitative estimate of drug-likeness (QED) is 0.511. The van der Waals surface area contributed by atoms with Crippen molar-refractivity contribution in [3.05, 3.63) is 75.9 Å². The first-order chi connectivity index (χ1) is 14.6. The van der Waals surface area contributed by atoms with E-state index in [1.165, 1.54) is 0 Å². The molecule has 2 aromatic carbocycles. The summed E-state index contributed by atoms with van der Waals surface area (Å²) in [6, 6.07) is 9.84. The third-order valence-corrected chi connectivity index (χ3v) is 5.80. The van der Waals surface area contributed by atoms with Gasteiger partial charge in [0.05, 0.1) is 12.2 Å². The van der Waals surface area contributed by atoms with Gasteiger partial charge >= 0.3 is 6.18 Å². The molecule has 31 heavy (non-hydrogen) atoms. The lowest BCUT2D eigenvalue weighted by atomic mass is 9.96. The molecule has 1 aromatic heterocycles. The molecule has 0 radical (unpaired) electrons. The van der Waals surface area contributed by atoms with Crippen LogP contribution in [0.25, 0.3) is 0 Å². The Bertz CT molecular complexity index is 1120. The van der Waals surface area contributed by atoms with E-state index in [1.54, 1.807) is 30.3 Å². The van der Waals surface area contributed by atoms with Crippen molar-refractivity contribution >= 4 is 29.0 Å². The first kappa shape index (κ1) is 21.2.